The summed E-state index contributed by atoms with van der Waals surface area (Å²) in [7, 11) is 2.12. The lowest BCUT2D eigenvalue weighted by atomic mass is 10.0. The van der Waals surface area contributed by atoms with Gasteiger partial charge in [0.15, 0.2) is 5.69 Å². The zero-order chi connectivity index (χ0) is 22.0. The molecule has 0 aliphatic carbocycles. The fraction of sp³-hybridized carbons (Fsp3) is 0.478. The number of piperidine rings is 1. The van der Waals surface area contributed by atoms with Gasteiger partial charge >= 0.3 is 0 Å². The Morgan fingerprint density at radius 2 is 2.03 bits per heavy atom. The maximum absolute atomic E-state index is 13.8. The summed E-state index contributed by atoms with van der Waals surface area (Å²) in [6.07, 6.45) is 5.44. The molecule has 0 spiro atoms. The van der Waals surface area contributed by atoms with Gasteiger partial charge in [0.2, 0.25) is 0 Å². The van der Waals surface area contributed by atoms with E-state index in [1.165, 1.54) is 0 Å². The van der Waals surface area contributed by atoms with Gasteiger partial charge in [-0.25, -0.2) is 0 Å². The molecule has 3 aromatic heterocycles. The molecule has 1 aliphatic heterocycles. The largest absolute Gasteiger partial charge is 0.361 e. The molecular formula is C23H30N6O2. The van der Waals surface area contributed by atoms with Crippen molar-refractivity contribution in [2.24, 2.45) is 0 Å². The predicted molar refractivity (Wildman–Crippen MR) is 117 cm³/mol. The van der Waals surface area contributed by atoms with Gasteiger partial charge < -0.3 is 14.3 Å². The van der Waals surface area contributed by atoms with Crippen LogP contribution in [0.4, 0.5) is 0 Å². The van der Waals surface area contributed by atoms with Crippen molar-refractivity contribution < 1.29 is 9.32 Å². The first-order chi connectivity index (χ1) is 14.9. The van der Waals surface area contributed by atoms with Crippen LogP contribution in [0.1, 0.15) is 51.6 Å². The highest BCUT2D eigenvalue weighted by molar-refractivity contribution is 5.94. The number of likely N-dealkylation sites (tertiary alicyclic amines) is 1. The quantitative estimate of drug-likeness (QED) is 0.608. The van der Waals surface area contributed by atoms with Crippen LogP contribution in [0.25, 0.3) is 0 Å². The average molecular weight is 423 g/mol. The van der Waals surface area contributed by atoms with Gasteiger partial charge in [-0.3, -0.25) is 14.5 Å². The van der Waals surface area contributed by atoms with Crippen LogP contribution in [0, 0.1) is 20.8 Å². The van der Waals surface area contributed by atoms with E-state index in [4.69, 9.17) is 4.52 Å². The van der Waals surface area contributed by atoms with Crippen molar-refractivity contribution in [1.82, 2.24) is 29.7 Å². The van der Waals surface area contributed by atoms with Gasteiger partial charge in [-0.2, -0.15) is 5.10 Å². The molecule has 0 bridgehead atoms. The van der Waals surface area contributed by atoms with E-state index in [1.54, 1.807) is 6.20 Å². The first-order valence-corrected chi connectivity index (χ1v) is 10.8. The summed E-state index contributed by atoms with van der Waals surface area (Å²) in [6, 6.07) is 6.09. The molecule has 4 heterocycles. The molecular weight excluding hydrogens is 392 g/mol. The van der Waals surface area contributed by atoms with Crippen LogP contribution in [0.15, 0.2) is 35.1 Å². The third-order valence-corrected chi connectivity index (χ3v) is 6.06. The van der Waals surface area contributed by atoms with Crippen molar-refractivity contribution in [3.63, 3.8) is 0 Å². The van der Waals surface area contributed by atoms with E-state index in [2.05, 4.69) is 27.2 Å². The van der Waals surface area contributed by atoms with Crippen molar-refractivity contribution in [2.75, 3.05) is 20.1 Å². The maximum Gasteiger partial charge on any atom is 0.276 e. The molecule has 1 amide bonds. The highest BCUT2D eigenvalue weighted by Gasteiger charge is 2.32. The zero-order valence-corrected chi connectivity index (χ0v) is 18.7. The lowest BCUT2D eigenvalue weighted by Gasteiger charge is -2.37. The van der Waals surface area contributed by atoms with Crippen LogP contribution in [0.5, 0.6) is 0 Å². The Hall–Kier alpha value is -3.00. The third-order valence-electron chi connectivity index (χ3n) is 6.06. The second kappa shape index (κ2) is 9.01. The second-order valence-electron chi connectivity index (χ2n) is 8.48. The molecule has 3 aromatic rings. The summed E-state index contributed by atoms with van der Waals surface area (Å²) >= 11 is 0. The smallest absolute Gasteiger partial charge is 0.276 e. The SMILES string of the molecule is Cc1cc(C)n(Cc2c(C(=O)N(Cc3cccnc3)C3CCN(C)CC3)noc2C)n1. The van der Waals surface area contributed by atoms with E-state index in [0.29, 0.717) is 24.5 Å². The Morgan fingerprint density at radius 1 is 1.26 bits per heavy atom. The van der Waals surface area contributed by atoms with E-state index >= 15 is 0 Å². The number of hydrogen-bond acceptors (Lipinski definition) is 6. The first-order valence-electron chi connectivity index (χ1n) is 10.8. The van der Waals surface area contributed by atoms with Crippen molar-refractivity contribution in [3.05, 3.63) is 64.6 Å². The Morgan fingerprint density at radius 3 is 2.68 bits per heavy atom. The van der Waals surface area contributed by atoms with Crippen LogP contribution in [-0.4, -0.2) is 61.8 Å². The third kappa shape index (κ3) is 4.69. The molecule has 0 N–H and O–H groups in total. The highest BCUT2D eigenvalue weighted by atomic mass is 16.5. The van der Waals surface area contributed by atoms with Crippen molar-refractivity contribution in [2.45, 2.75) is 52.7 Å². The fourth-order valence-electron chi connectivity index (χ4n) is 4.23. The standard InChI is InChI=1S/C23H30N6O2/c1-16-12-17(2)29(25-16)15-21-18(3)31-26-22(21)23(30)28(14-19-6-5-9-24-13-19)20-7-10-27(4)11-8-20/h5-6,9,12-13,20H,7-8,10-11,14-15H2,1-4H3. The Balaban J connectivity index is 1.64. The van der Waals surface area contributed by atoms with Crippen LogP contribution in [0.3, 0.4) is 0 Å². The van der Waals surface area contributed by atoms with Crippen LogP contribution >= 0.6 is 0 Å². The van der Waals surface area contributed by atoms with E-state index < -0.39 is 0 Å². The number of aryl methyl sites for hydroxylation is 3. The van der Waals surface area contributed by atoms with Gasteiger partial charge in [0.25, 0.3) is 5.91 Å². The Kier molecular flexibility index (Phi) is 6.18. The molecule has 0 aromatic carbocycles. The van der Waals surface area contributed by atoms with Gasteiger partial charge in [0, 0.05) is 36.2 Å². The number of carbonyl (C=O) groups excluding carboxylic acids is 1. The normalized spacial score (nSPS) is 15.4. The lowest BCUT2D eigenvalue weighted by molar-refractivity contribution is 0.0558. The monoisotopic (exact) mass is 422 g/mol. The van der Waals surface area contributed by atoms with Gasteiger partial charge in [-0.05, 0) is 71.4 Å². The molecule has 0 atom stereocenters. The van der Waals surface area contributed by atoms with E-state index in [9.17, 15) is 4.79 Å². The van der Waals surface area contributed by atoms with E-state index in [0.717, 1.165) is 48.4 Å². The number of carbonyl (C=O) groups is 1. The summed E-state index contributed by atoms with van der Waals surface area (Å²) in [4.78, 5) is 22.3. The molecule has 1 saturated heterocycles. The average Bonchev–Trinajstić information content (AvgIpc) is 3.28. The predicted octanol–water partition coefficient (Wildman–Crippen LogP) is 2.98. The minimum atomic E-state index is -0.0909. The van der Waals surface area contributed by atoms with Crippen molar-refractivity contribution in [3.8, 4) is 0 Å². The zero-order valence-electron chi connectivity index (χ0n) is 18.7. The molecule has 8 nitrogen and oxygen atoms in total. The van der Waals surface area contributed by atoms with Crippen molar-refractivity contribution >= 4 is 5.91 Å². The van der Waals surface area contributed by atoms with E-state index in [1.807, 2.05) is 54.7 Å². The fourth-order valence-corrected chi connectivity index (χ4v) is 4.23. The van der Waals surface area contributed by atoms with Gasteiger partial charge in [-0.1, -0.05) is 11.2 Å². The van der Waals surface area contributed by atoms with Gasteiger partial charge in [0.05, 0.1) is 12.2 Å². The molecule has 1 fully saturated rings. The molecule has 0 saturated carbocycles. The topological polar surface area (TPSA) is 80.3 Å². The highest BCUT2D eigenvalue weighted by Crippen LogP contribution is 2.24. The summed E-state index contributed by atoms with van der Waals surface area (Å²) < 4.78 is 7.38. The van der Waals surface area contributed by atoms with Crippen LogP contribution < -0.4 is 0 Å². The number of amides is 1. The van der Waals surface area contributed by atoms with Crippen LogP contribution in [-0.2, 0) is 13.1 Å². The van der Waals surface area contributed by atoms with Crippen molar-refractivity contribution in [1.29, 1.82) is 0 Å². The number of pyridine rings is 1. The van der Waals surface area contributed by atoms with Gasteiger partial charge in [0.1, 0.15) is 5.76 Å². The second-order valence-corrected chi connectivity index (χ2v) is 8.48. The number of hydrogen-bond donors (Lipinski definition) is 0. The number of nitrogens with zero attached hydrogens (tertiary/aromatic N) is 6. The summed E-state index contributed by atoms with van der Waals surface area (Å²) in [5.74, 6) is 0.562. The molecule has 31 heavy (non-hydrogen) atoms. The summed E-state index contributed by atoms with van der Waals surface area (Å²) in [5, 5.41) is 8.73. The molecule has 8 heteroatoms. The number of aromatic nitrogens is 4. The minimum Gasteiger partial charge on any atom is -0.361 e. The first kappa shape index (κ1) is 21.2. The Labute approximate surface area is 182 Å². The molecule has 164 valence electrons. The molecule has 4 rings (SSSR count). The summed E-state index contributed by atoms with van der Waals surface area (Å²) in [5.41, 5.74) is 4.17. The molecule has 0 radical (unpaired) electrons. The molecule has 1 aliphatic rings. The van der Waals surface area contributed by atoms with E-state index in [-0.39, 0.29) is 11.9 Å². The Bertz CT molecular complexity index is 1030. The van der Waals surface area contributed by atoms with Crippen LogP contribution in [0.2, 0.25) is 0 Å². The lowest BCUT2D eigenvalue weighted by Crippen LogP contribution is -2.46. The van der Waals surface area contributed by atoms with Gasteiger partial charge in [-0.15, -0.1) is 0 Å². The minimum absolute atomic E-state index is 0.0909. The maximum atomic E-state index is 13.8. The summed E-state index contributed by atoms with van der Waals surface area (Å²) in [6.45, 7) is 8.74. The number of rotatable bonds is 6. The molecule has 0 unspecified atom stereocenters.